The number of hydrogen-bond acceptors (Lipinski definition) is 4. The summed E-state index contributed by atoms with van der Waals surface area (Å²) in [6.07, 6.45) is 1.49. The van der Waals surface area contributed by atoms with Gasteiger partial charge in [-0.05, 0) is 61.2 Å². The van der Waals surface area contributed by atoms with Crippen molar-refractivity contribution in [2.75, 3.05) is 19.7 Å². The lowest BCUT2D eigenvalue weighted by atomic mass is 9.74. The second-order valence-corrected chi connectivity index (χ2v) is 8.22. The topological polar surface area (TPSA) is 85.8 Å². The molecule has 1 spiro atoms. The van der Waals surface area contributed by atoms with Gasteiger partial charge in [0.2, 0.25) is 5.91 Å². The molecular formula is C26H22N2O4. The summed E-state index contributed by atoms with van der Waals surface area (Å²) < 4.78 is 11.6. The number of carbonyl (C=O) groups is 2. The molecule has 5 rings (SSSR count). The Bertz CT molecular complexity index is 1240. The zero-order valence-corrected chi connectivity index (χ0v) is 17.5. The molecule has 2 aromatic carbocycles. The number of likely N-dealkylation sites (tertiary alicyclic amines) is 1. The lowest BCUT2D eigenvalue weighted by Gasteiger charge is -2.38. The number of nitrogens with zero attached hydrogens (tertiary/aromatic N) is 1. The number of carbonyl (C=O) groups excluding carboxylic acids is 2. The van der Waals surface area contributed by atoms with E-state index in [0.717, 1.165) is 29.7 Å². The largest absolute Gasteiger partial charge is 0.492 e. The molecule has 0 bridgehead atoms. The molecule has 3 heterocycles. The van der Waals surface area contributed by atoms with Gasteiger partial charge in [-0.3, -0.25) is 9.59 Å². The van der Waals surface area contributed by atoms with Crippen molar-refractivity contribution in [2.45, 2.75) is 18.3 Å². The van der Waals surface area contributed by atoms with Crippen LogP contribution >= 0.6 is 0 Å². The van der Waals surface area contributed by atoms with Crippen molar-refractivity contribution in [3.63, 3.8) is 0 Å². The van der Waals surface area contributed by atoms with E-state index < -0.39 is 5.91 Å². The molecule has 2 amide bonds. The maximum atomic E-state index is 13.0. The molecule has 0 radical (unpaired) electrons. The van der Waals surface area contributed by atoms with Gasteiger partial charge in [0.25, 0.3) is 5.91 Å². The normalized spacial score (nSPS) is 16.1. The van der Waals surface area contributed by atoms with Crippen molar-refractivity contribution < 1.29 is 18.7 Å². The second kappa shape index (κ2) is 7.93. The Morgan fingerprint density at radius 3 is 2.50 bits per heavy atom. The summed E-state index contributed by atoms with van der Waals surface area (Å²) in [4.78, 5) is 26.4. The van der Waals surface area contributed by atoms with Gasteiger partial charge in [0.05, 0.1) is 6.61 Å². The number of rotatable bonds is 2. The molecule has 6 heteroatoms. The number of benzene rings is 2. The van der Waals surface area contributed by atoms with Crippen LogP contribution in [0.3, 0.4) is 0 Å². The van der Waals surface area contributed by atoms with Gasteiger partial charge in [0, 0.05) is 35.2 Å². The number of primary amides is 1. The number of piperidine rings is 1. The van der Waals surface area contributed by atoms with E-state index >= 15 is 0 Å². The predicted molar refractivity (Wildman–Crippen MR) is 118 cm³/mol. The quantitative estimate of drug-likeness (QED) is 0.637. The summed E-state index contributed by atoms with van der Waals surface area (Å²) in [5, 5.41) is 0. The number of hydrogen-bond donors (Lipinski definition) is 1. The summed E-state index contributed by atoms with van der Waals surface area (Å²) in [5.41, 5.74) is 7.63. The maximum absolute atomic E-state index is 13.0. The van der Waals surface area contributed by atoms with Crippen LogP contribution < -0.4 is 10.5 Å². The monoisotopic (exact) mass is 426 g/mol. The molecule has 1 fully saturated rings. The number of furan rings is 1. The molecule has 0 atom stereocenters. The van der Waals surface area contributed by atoms with E-state index in [1.807, 2.05) is 42.5 Å². The minimum Gasteiger partial charge on any atom is -0.492 e. The average molecular weight is 426 g/mol. The standard InChI is InChI=1S/C26H22N2O4/c27-24(29)19-7-10-22-21(16-19)26(17-31-22)12-14-28(15-13-26)25(30)23-11-9-20(32-23)8-6-18-4-2-1-3-5-18/h1-5,7,9-11,16H,12-15,17H2,(H2,27,29). The number of ether oxygens (including phenoxy) is 1. The van der Waals surface area contributed by atoms with E-state index in [-0.39, 0.29) is 17.1 Å². The minimum atomic E-state index is -0.452. The molecule has 1 saturated heterocycles. The Labute approximate surface area is 186 Å². The van der Waals surface area contributed by atoms with Gasteiger partial charge in [-0.2, -0.15) is 0 Å². The Balaban J connectivity index is 1.28. The molecule has 0 unspecified atom stereocenters. The highest BCUT2D eigenvalue weighted by Gasteiger charge is 2.44. The first kappa shape index (κ1) is 20.0. The van der Waals surface area contributed by atoms with Gasteiger partial charge in [0.1, 0.15) is 5.75 Å². The second-order valence-electron chi connectivity index (χ2n) is 8.22. The third kappa shape index (κ3) is 3.63. The molecule has 0 aliphatic carbocycles. The highest BCUT2D eigenvalue weighted by atomic mass is 16.5. The fraction of sp³-hybridized carbons (Fsp3) is 0.231. The summed E-state index contributed by atoms with van der Waals surface area (Å²) in [7, 11) is 0. The lowest BCUT2D eigenvalue weighted by Crippen LogP contribution is -2.46. The zero-order chi connectivity index (χ0) is 22.1. The third-order valence-corrected chi connectivity index (χ3v) is 6.27. The first-order valence-electron chi connectivity index (χ1n) is 10.6. The third-order valence-electron chi connectivity index (χ3n) is 6.27. The molecule has 0 saturated carbocycles. The van der Waals surface area contributed by atoms with Crippen LogP contribution in [0, 0.1) is 11.8 Å². The Morgan fingerprint density at radius 1 is 0.969 bits per heavy atom. The van der Waals surface area contributed by atoms with E-state index in [1.54, 1.807) is 23.1 Å². The van der Waals surface area contributed by atoms with Crippen LogP contribution in [0.5, 0.6) is 5.75 Å². The number of amides is 2. The zero-order valence-electron chi connectivity index (χ0n) is 17.5. The summed E-state index contributed by atoms with van der Waals surface area (Å²) in [6, 6.07) is 18.4. The van der Waals surface area contributed by atoms with Gasteiger partial charge in [-0.1, -0.05) is 24.1 Å². The molecule has 2 aliphatic rings. The summed E-state index contributed by atoms with van der Waals surface area (Å²) in [6.45, 7) is 1.70. The van der Waals surface area contributed by atoms with Crippen LogP contribution in [0.2, 0.25) is 0 Å². The van der Waals surface area contributed by atoms with Gasteiger partial charge < -0.3 is 19.8 Å². The molecular weight excluding hydrogens is 404 g/mol. The van der Waals surface area contributed by atoms with Crippen LogP contribution in [-0.2, 0) is 5.41 Å². The van der Waals surface area contributed by atoms with Crippen molar-refractivity contribution in [3.8, 4) is 17.6 Å². The fourth-order valence-corrected chi connectivity index (χ4v) is 4.40. The summed E-state index contributed by atoms with van der Waals surface area (Å²) in [5.74, 6) is 6.95. The SMILES string of the molecule is NC(=O)c1ccc2c(c1)C1(CCN(C(=O)c3ccc(C#Cc4ccccc4)o3)CC1)CO2. The number of nitrogens with two attached hydrogens (primary N) is 1. The van der Waals surface area contributed by atoms with Crippen LogP contribution in [0.4, 0.5) is 0 Å². The molecule has 3 aromatic rings. The van der Waals surface area contributed by atoms with Crippen LogP contribution in [0.15, 0.2) is 65.1 Å². The molecule has 6 nitrogen and oxygen atoms in total. The molecule has 32 heavy (non-hydrogen) atoms. The maximum Gasteiger partial charge on any atom is 0.289 e. The minimum absolute atomic E-state index is 0.141. The van der Waals surface area contributed by atoms with E-state index in [2.05, 4.69) is 11.8 Å². The van der Waals surface area contributed by atoms with E-state index in [1.165, 1.54) is 0 Å². The Morgan fingerprint density at radius 2 is 1.75 bits per heavy atom. The van der Waals surface area contributed by atoms with E-state index in [9.17, 15) is 9.59 Å². The Hall–Kier alpha value is -3.98. The van der Waals surface area contributed by atoms with Crippen LogP contribution in [0.1, 0.15) is 50.6 Å². The first-order valence-corrected chi connectivity index (χ1v) is 10.6. The van der Waals surface area contributed by atoms with Crippen LogP contribution in [-0.4, -0.2) is 36.4 Å². The van der Waals surface area contributed by atoms with E-state index in [0.29, 0.717) is 31.0 Å². The fourth-order valence-electron chi connectivity index (χ4n) is 4.40. The Kier molecular flexibility index (Phi) is 4.95. The molecule has 160 valence electrons. The van der Waals surface area contributed by atoms with Crippen molar-refractivity contribution in [1.82, 2.24) is 4.90 Å². The van der Waals surface area contributed by atoms with Crippen molar-refractivity contribution >= 4 is 11.8 Å². The average Bonchev–Trinajstić information content (AvgIpc) is 3.44. The molecule has 1 aromatic heterocycles. The molecule has 2 aliphatic heterocycles. The van der Waals surface area contributed by atoms with Gasteiger partial charge in [-0.25, -0.2) is 0 Å². The van der Waals surface area contributed by atoms with Crippen molar-refractivity contribution in [1.29, 1.82) is 0 Å². The van der Waals surface area contributed by atoms with Crippen molar-refractivity contribution in [2.24, 2.45) is 5.73 Å². The van der Waals surface area contributed by atoms with Crippen LogP contribution in [0.25, 0.3) is 0 Å². The van der Waals surface area contributed by atoms with E-state index in [4.69, 9.17) is 14.9 Å². The van der Waals surface area contributed by atoms with Crippen molar-refractivity contribution in [3.05, 3.63) is 88.9 Å². The van der Waals surface area contributed by atoms with Gasteiger partial charge in [0.15, 0.2) is 11.5 Å². The first-order chi connectivity index (χ1) is 15.5. The summed E-state index contributed by atoms with van der Waals surface area (Å²) >= 11 is 0. The highest BCUT2D eigenvalue weighted by molar-refractivity contribution is 5.93. The highest BCUT2D eigenvalue weighted by Crippen LogP contribution is 2.46. The lowest BCUT2D eigenvalue weighted by molar-refractivity contribution is 0.0615. The predicted octanol–water partition coefficient (Wildman–Crippen LogP) is 3.34. The molecule has 2 N–H and O–H groups in total. The van der Waals surface area contributed by atoms with Gasteiger partial charge >= 0.3 is 0 Å². The number of fused-ring (bicyclic) bond motifs is 2. The smallest absolute Gasteiger partial charge is 0.289 e. The van der Waals surface area contributed by atoms with Gasteiger partial charge in [-0.15, -0.1) is 0 Å².